The van der Waals surface area contributed by atoms with Crippen LogP contribution in [0.1, 0.15) is 30.7 Å². The van der Waals surface area contributed by atoms with Gasteiger partial charge in [0.25, 0.3) is 0 Å². The van der Waals surface area contributed by atoms with Gasteiger partial charge in [0, 0.05) is 32.6 Å². The zero-order chi connectivity index (χ0) is 13.9. The minimum Gasteiger partial charge on any atom is -0.340 e. The highest BCUT2D eigenvalue weighted by Gasteiger charge is 2.34. The standard InChI is InChI=1S/C17H24N2O/c1-18-9-11-19(12-10-18)17(20)13-16(15-7-8-15)14-5-3-2-4-6-14/h2-6,15-16H,7-13H2,1H3/t16-/m0/s1. The summed E-state index contributed by atoms with van der Waals surface area (Å²) in [5.74, 6) is 1.51. The van der Waals surface area contributed by atoms with E-state index in [1.165, 1.54) is 18.4 Å². The van der Waals surface area contributed by atoms with E-state index < -0.39 is 0 Å². The van der Waals surface area contributed by atoms with E-state index in [4.69, 9.17) is 0 Å². The Balaban J connectivity index is 1.63. The molecule has 108 valence electrons. The predicted octanol–water partition coefficient (Wildman–Crippen LogP) is 2.34. The molecule has 1 heterocycles. The predicted molar refractivity (Wildman–Crippen MR) is 80.6 cm³/mol. The molecule has 1 atom stereocenters. The second-order valence-electron chi connectivity index (χ2n) is 6.24. The molecule has 1 amide bonds. The monoisotopic (exact) mass is 272 g/mol. The maximum absolute atomic E-state index is 12.5. The van der Waals surface area contributed by atoms with E-state index >= 15 is 0 Å². The first-order valence-corrected chi connectivity index (χ1v) is 7.75. The summed E-state index contributed by atoms with van der Waals surface area (Å²) < 4.78 is 0. The van der Waals surface area contributed by atoms with Gasteiger partial charge in [0.15, 0.2) is 0 Å². The van der Waals surface area contributed by atoms with Crippen molar-refractivity contribution >= 4 is 5.91 Å². The molecular weight excluding hydrogens is 248 g/mol. The molecule has 0 N–H and O–H groups in total. The Morgan fingerprint density at radius 2 is 1.80 bits per heavy atom. The van der Waals surface area contributed by atoms with E-state index in [2.05, 4.69) is 47.2 Å². The zero-order valence-electron chi connectivity index (χ0n) is 12.3. The van der Waals surface area contributed by atoms with E-state index in [-0.39, 0.29) is 0 Å². The molecule has 0 unspecified atom stereocenters. The van der Waals surface area contributed by atoms with Crippen LogP contribution in [0.2, 0.25) is 0 Å². The number of carbonyl (C=O) groups excluding carboxylic acids is 1. The van der Waals surface area contributed by atoms with Crippen LogP contribution >= 0.6 is 0 Å². The van der Waals surface area contributed by atoms with Gasteiger partial charge in [-0.15, -0.1) is 0 Å². The summed E-state index contributed by atoms with van der Waals surface area (Å²) in [5, 5.41) is 0. The van der Waals surface area contributed by atoms with Crippen LogP contribution < -0.4 is 0 Å². The average Bonchev–Trinajstić information content (AvgIpc) is 3.31. The van der Waals surface area contributed by atoms with Crippen LogP contribution in [0.3, 0.4) is 0 Å². The number of rotatable bonds is 4. The molecule has 0 bridgehead atoms. The first-order chi connectivity index (χ1) is 9.74. The Morgan fingerprint density at radius 1 is 1.15 bits per heavy atom. The van der Waals surface area contributed by atoms with Crippen molar-refractivity contribution in [3.63, 3.8) is 0 Å². The zero-order valence-corrected chi connectivity index (χ0v) is 12.3. The molecule has 1 saturated heterocycles. The van der Waals surface area contributed by atoms with Crippen LogP contribution in [0.25, 0.3) is 0 Å². The van der Waals surface area contributed by atoms with E-state index in [9.17, 15) is 4.79 Å². The molecule has 1 aliphatic carbocycles. The number of benzene rings is 1. The molecule has 2 fully saturated rings. The minimum atomic E-state index is 0.346. The maximum Gasteiger partial charge on any atom is 0.223 e. The fourth-order valence-electron chi connectivity index (χ4n) is 3.13. The van der Waals surface area contributed by atoms with Crippen LogP contribution in [0.4, 0.5) is 0 Å². The van der Waals surface area contributed by atoms with Gasteiger partial charge in [-0.05, 0) is 37.3 Å². The Labute approximate surface area is 121 Å². The van der Waals surface area contributed by atoms with Crippen LogP contribution in [-0.2, 0) is 4.79 Å². The van der Waals surface area contributed by atoms with Gasteiger partial charge in [-0.3, -0.25) is 4.79 Å². The van der Waals surface area contributed by atoms with Gasteiger partial charge in [-0.25, -0.2) is 0 Å². The van der Waals surface area contributed by atoms with Gasteiger partial charge in [-0.2, -0.15) is 0 Å². The number of nitrogens with zero attached hydrogens (tertiary/aromatic N) is 2. The number of piperazine rings is 1. The van der Waals surface area contributed by atoms with Crippen molar-refractivity contribution in [1.29, 1.82) is 0 Å². The van der Waals surface area contributed by atoms with Gasteiger partial charge in [-0.1, -0.05) is 30.3 Å². The van der Waals surface area contributed by atoms with Crippen molar-refractivity contribution in [2.45, 2.75) is 25.2 Å². The minimum absolute atomic E-state index is 0.346. The topological polar surface area (TPSA) is 23.6 Å². The Kier molecular flexibility index (Phi) is 4.06. The summed E-state index contributed by atoms with van der Waals surface area (Å²) in [6.07, 6.45) is 3.27. The third-order valence-electron chi connectivity index (χ3n) is 4.67. The average molecular weight is 272 g/mol. The summed E-state index contributed by atoms with van der Waals surface area (Å²) in [6, 6.07) is 10.6. The molecule has 3 heteroatoms. The van der Waals surface area contributed by atoms with Crippen LogP contribution in [0.5, 0.6) is 0 Å². The highest BCUT2D eigenvalue weighted by Crippen LogP contribution is 2.44. The molecule has 1 aromatic rings. The lowest BCUT2D eigenvalue weighted by Gasteiger charge is -2.33. The maximum atomic E-state index is 12.5. The fraction of sp³-hybridized carbons (Fsp3) is 0.588. The lowest BCUT2D eigenvalue weighted by molar-refractivity contribution is -0.133. The van der Waals surface area contributed by atoms with E-state index in [1.807, 2.05) is 0 Å². The van der Waals surface area contributed by atoms with Crippen LogP contribution in [0.15, 0.2) is 30.3 Å². The number of hydrogen-bond donors (Lipinski definition) is 0. The molecular formula is C17H24N2O. The summed E-state index contributed by atoms with van der Waals surface area (Å²) in [4.78, 5) is 16.9. The van der Waals surface area contributed by atoms with Gasteiger partial charge in [0.05, 0.1) is 0 Å². The fourth-order valence-corrected chi connectivity index (χ4v) is 3.13. The van der Waals surface area contributed by atoms with Crippen molar-refractivity contribution < 1.29 is 4.79 Å². The van der Waals surface area contributed by atoms with E-state index in [0.717, 1.165) is 32.1 Å². The second kappa shape index (κ2) is 5.96. The number of likely N-dealkylation sites (N-methyl/N-ethyl adjacent to an activating group) is 1. The molecule has 20 heavy (non-hydrogen) atoms. The first kappa shape index (κ1) is 13.6. The third-order valence-corrected chi connectivity index (χ3v) is 4.67. The Bertz CT molecular complexity index is 447. The van der Waals surface area contributed by atoms with Crippen molar-refractivity contribution in [2.75, 3.05) is 33.2 Å². The SMILES string of the molecule is CN1CCN(C(=O)C[C@@H](c2ccccc2)C2CC2)CC1. The summed E-state index contributed by atoms with van der Waals surface area (Å²) in [6.45, 7) is 3.79. The lowest BCUT2D eigenvalue weighted by Crippen LogP contribution is -2.47. The molecule has 3 nitrogen and oxygen atoms in total. The van der Waals surface area contributed by atoms with Crippen LogP contribution in [-0.4, -0.2) is 48.9 Å². The molecule has 0 radical (unpaired) electrons. The molecule has 2 aliphatic rings. The summed E-state index contributed by atoms with van der Waals surface area (Å²) in [5.41, 5.74) is 1.34. The Morgan fingerprint density at radius 3 is 2.40 bits per heavy atom. The van der Waals surface area contributed by atoms with E-state index in [1.54, 1.807) is 0 Å². The number of amides is 1. The normalized spacial score (nSPS) is 21.8. The second-order valence-corrected chi connectivity index (χ2v) is 6.24. The summed E-state index contributed by atoms with van der Waals surface area (Å²) in [7, 11) is 2.12. The summed E-state index contributed by atoms with van der Waals surface area (Å²) >= 11 is 0. The molecule has 1 aliphatic heterocycles. The molecule has 1 aromatic carbocycles. The smallest absolute Gasteiger partial charge is 0.223 e. The van der Waals surface area contributed by atoms with Gasteiger partial charge >= 0.3 is 0 Å². The molecule has 3 rings (SSSR count). The number of carbonyl (C=O) groups is 1. The van der Waals surface area contributed by atoms with Gasteiger partial charge < -0.3 is 9.80 Å². The van der Waals surface area contributed by atoms with Crippen LogP contribution in [0, 0.1) is 5.92 Å². The molecule has 0 spiro atoms. The molecule has 1 saturated carbocycles. The highest BCUT2D eigenvalue weighted by molar-refractivity contribution is 5.77. The quantitative estimate of drug-likeness (QED) is 0.840. The van der Waals surface area contributed by atoms with Gasteiger partial charge in [0.2, 0.25) is 5.91 Å². The highest BCUT2D eigenvalue weighted by atomic mass is 16.2. The van der Waals surface area contributed by atoms with Crippen molar-refractivity contribution in [3.05, 3.63) is 35.9 Å². The van der Waals surface area contributed by atoms with Crippen molar-refractivity contribution in [3.8, 4) is 0 Å². The Hall–Kier alpha value is -1.35. The van der Waals surface area contributed by atoms with E-state index in [0.29, 0.717) is 18.2 Å². The number of hydrogen-bond acceptors (Lipinski definition) is 2. The van der Waals surface area contributed by atoms with Gasteiger partial charge in [0.1, 0.15) is 0 Å². The molecule has 0 aromatic heterocycles. The van der Waals surface area contributed by atoms with Crippen molar-refractivity contribution in [1.82, 2.24) is 9.80 Å². The lowest BCUT2D eigenvalue weighted by atomic mass is 9.90. The first-order valence-electron chi connectivity index (χ1n) is 7.75. The largest absolute Gasteiger partial charge is 0.340 e. The van der Waals surface area contributed by atoms with Crippen molar-refractivity contribution in [2.24, 2.45) is 5.92 Å². The third kappa shape index (κ3) is 3.21.